The summed E-state index contributed by atoms with van der Waals surface area (Å²) in [6, 6.07) is 11.2. The van der Waals surface area contributed by atoms with E-state index in [9.17, 15) is 9.59 Å². The average molecular weight is 366 g/mol. The maximum Gasteiger partial charge on any atom is 0.337 e. The fraction of sp³-hybridized carbons (Fsp3) is 0.333. The molecular weight excluding hydrogens is 344 g/mol. The van der Waals surface area contributed by atoms with Gasteiger partial charge in [-0.1, -0.05) is 18.2 Å². The predicted molar refractivity (Wildman–Crippen MR) is 101 cm³/mol. The van der Waals surface area contributed by atoms with Gasteiger partial charge in [-0.25, -0.2) is 9.59 Å². The van der Waals surface area contributed by atoms with E-state index in [-0.39, 0.29) is 12.1 Å². The molecule has 1 N–H and O–H groups in total. The van der Waals surface area contributed by atoms with Crippen molar-refractivity contribution in [3.05, 3.63) is 53.2 Å². The number of nitrogens with one attached hydrogen (secondary N) is 1. The molecule has 2 aliphatic rings. The first kappa shape index (κ1) is 17.4. The number of hydrogen-bond acceptors (Lipinski definition) is 4. The Hall–Kier alpha value is -3.02. The summed E-state index contributed by atoms with van der Waals surface area (Å²) < 4.78 is 10.3. The van der Waals surface area contributed by atoms with Crippen LogP contribution in [0.5, 0.6) is 5.75 Å². The first-order valence-corrected chi connectivity index (χ1v) is 9.00. The second kappa shape index (κ2) is 6.61. The minimum absolute atomic E-state index is 0.164. The molecule has 0 spiro atoms. The number of carbonyl (C=O) groups is 2. The minimum Gasteiger partial charge on any atom is -0.497 e. The largest absolute Gasteiger partial charge is 0.497 e. The van der Waals surface area contributed by atoms with Gasteiger partial charge < -0.3 is 14.8 Å². The van der Waals surface area contributed by atoms with Crippen molar-refractivity contribution in [2.75, 3.05) is 14.2 Å². The molecule has 0 saturated heterocycles. The van der Waals surface area contributed by atoms with Crippen molar-refractivity contribution in [1.29, 1.82) is 0 Å². The number of benzene rings is 2. The van der Waals surface area contributed by atoms with Crippen molar-refractivity contribution in [2.45, 2.75) is 31.8 Å². The lowest BCUT2D eigenvalue weighted by molar-refractivity contribution is -0.136. The molecule has 0 unspecified atom stereocenters. The Kier molecular flexibility index (Phi) is 4.26. The summed E-state index contributed by atoms with van der Waals surface area (Å²) in [5.41, 5.74) is 2.00. The van der Waals surface area contributed by atoms with E-state index in [0.29, 0.717) is 11.3 Å². The Morgan fingerprint density at radius 1 is 1.11 bits per heavy atom. The van der Waals surface area contributed by atoms with Crippen LogP contribution in [0.4, 0.5) is 4.79 Å². The molecule has 2 amide bonds. The van der Waals surface area contributed by atoms with Gasteiger partial charge in [0.1, 0.15) is 5.75 Å². The first-order valence-electron chi connectivity index (χ1n) is 9.00. The van der Waals surface area contributed by atoms with Gasteiger partial charge in [-0.3, -0.25) is 4.90 Å². The average Bonchev–Trinajstić information content (AvgIpc) is 3.51. The molecule has 6 nitrogen and oxygen atoms in total. The van der Waals surface area contributed by atoms with E-state index in [1.165, 1.54) is 7.11 Å². The molecule has 0 radical (unpaired) electrons. The number of fused-ring (bicyclic) bond motifs is 1. The number of carbonyl (C=O) groups excluding carboxylic acids is 2. The summed E-state index contributed by atoms with van der Waals surface area (Å²) in [5.74, 6) is 0.366. The fourth-order valence-electron chi connectivity index (χ4n) is 3.70. The summed E-state index contributed by atoms with van der Waals surface area (Å²) in [4.78, 5) is 26.9. The monoisotopic (exact) mass is 366 g/mol. The van der Waals surface area contributed by atoms with Gasteiger partial charge in [0.05, 0.1) is 25.8 Å². The quantitative estimate of drug-likeness (QED) is 0.841. The normalized spacial score (nSPS) is 19.9. The van der Waals surface area contributed by atoms with Gasteiger partial charge in [0.2, 0.25) is 0 Å². The van der Waals surface area contributed by atoms with Crippen molar-refractivity contribution in [3.8, 4) is 5.75 Å². The van der Waals surface area contributed by atoms with Gasteiger partial charge in [-0.05, 0) is 54.3 Å². The molecule has 4 rings (SSSR count). The summed E-state index contributed by atoms with van der Waals surface area (Å²) >= 11 is 0. The Bertz CT molecular complexity index is 962. The second-order valence-electron chi connectivity index (χ2n) is 6.95. The standard InChI is InChI=1S/C21H22N2O4/c1-12-18(20(24)27-3)19(22-21(25)23(12)16-7-8-16)15-5-4-14-11-17(26-2)9-6-13(14)10-15/h4-6,9-11,16,19H,7-8H2,1-3H3,(H,22,25)/t19-/m0/s1. The molecule has 0 aromatic heterocycles. The molecule has 1 aliphatic heterocycles. The molecule has 27 heavy (non-hydrogen) atoms. The molecule has 1 heterocycles. The molecule has 6 heteroatoms. The number of hydrogen-bond donors (Lipinski definition) is 1. The van der Waals surface area contributed by atoms with Crippen molar-refractivity contribution in [2.24, 2.45) is 0 Å². The van der Waals surface area contributed by atoms with Gasteiger partial charge in [0.25, 0.3) is 0 Å². The van der Waals surface area contributed by atoms with Crippen LogP contribution >= 0.6 is 0 Å². The highest BCUT2D eigenvalue weighted by Gasteiger charge is 2.42. The van der Waals surface area contributed by atoms with Gasteiger partial charge in [-0.2, -0.15) is 0 Å². The van der Waals surface area contributed by atoms with Crippen molar-refractivity contribution < 1.29 is 19.1 Å². The van der Waals surface area contributed by atoms with E-state index in [1.807, 2.05) is 43.3 Å². The highest BCUT2D eigenvalue weighted by molar-refractivity contribution is 5.95. The maximum absolute atomic E-state index is 12.7. The molecule has 1 atom stereocenters. The van der Waals surface area contributed by atoms with E-state index >= 15 is 0 Å². The van der Waals surface area contributed by atoms with Crippen LogP contribution in [0.2, 0.25) is 0 Å². The van der Waals surface area contributed by atoms with Crippen LogP contribution in [0.15, 0.2) is 47.7 Å². The number of nitrogens with zero attached hydrogens (tertiary/aromatic N) is 1. The maximum atomic E-state index is 12.7. The number of rotatable bonds is 4. The molecule has 2 aromatic rings. The number of urea groups is 1. The lowest BCUT2D eigenvalue weighted by Crippen LogP contribution is -2.48. The third kappa shape index (κ3) is 3.01. The van der Waals surface area contributed by atoms with Crippen LogP contribution in [-0.2, 0) is 9.53 Å². The molecular formula is C21H22N2O4. The van der Waals surface area contributed by atoms with E-state index < -0.39 is 12.0 Å². The fourth-order valence-corrected chi connectivity index (χ4v) is 3.70. The zero-order chi connectivity index (χ0) is 19.1. The summed E-state index contributed by atoms with van der Waals surface area (Å²) in [7, 11) is 3.00. The second-order valence-corrected chi connectivity index (χ2v) is 6.95. The van der Waals surface area contributed by atoms with Crippen LogP contribution in [0.3, 0.4) is 0 Å². The molecule has 0 bridgehead atoms. The van der Waals surface area contributed by atoms with Gasteiger partial charge in [0.15, 0.2) is 0 Å². The zero-order valence-corrected chi connectivity index (χ0v) is 15.6. The zero-order valence-electron chi connectivity index (χ0n) is 15.6. The predicted octanol–water partition coefficient (Wildman–Crippen LogP) is 3.52. The molecule has 140 valence electrons. The van der Waals surface area contributed by atoms with E-state index in [2.05, 4.69) is 5.32 Å². The smallest absolute Gasteiger partial charge is 0.337 e. The highest BCUT2D eigenvalue weighted by atomic mass is 16.5. The number of allylic oxidation sites excluding steroid dienone is 1. The SMILES string of the molecule is COC(=O)C1=C(C)N(C2CC2)C(=O)N[C@H]1c1ccc2cc(OC)ccc2c1. The van der Waals surface area contributed by atoms with Crippen LogP contribution < -0.4 is 10.1 Å². The van der Waals surface area contributed by atoms with E-state index in [4.69, 9.17) is 9.47 Å². The van der Waals surface area contributed by atoms with Crippen LogP contribution in [0.25, 0.3) is 10.8 Å². The Balaban J connectivity index is 1.79. The van der Waals surface area contributed by atoms with E-state index in [0.717, 1.165) is 34.9 Å². The lowest BCUT2D eigenvalue weighted by Gasteiger charge is -2.35. The third-order valence-corrected chi connectivity index (χ3v) is 5.25. The highest BCUT2D eigenvalue weighted by Crippen LogP contribution is 2.38. The molecule has 2 aromatic carbocycles. The number of ether oxygens (including phenoxy) is 2. The molecule has 1 saturated carbocycles. The molecule has 1 aliphatic carbocycles. The van der Waals surface area contributed by atoms with Gasteiger partial charge >= 0.3 is 12.0 Å². The number of methoxy groups -OCH3 is 2. The lowest BCUT2D eigenvalue weighted by atomic mass is 9.93. The number of esters is 1. The van der Waals surface area contributed by atoms with Crippen molar-refractivity contribution >= 4 is 22.8 Å². The summed E-state index contributed by atoms with van der Waals surface area (Å²) in [6.45, 7) is 1.82. The van der Waals surface area contributed by atoms with Gasteiger partial charge in [0, 0.05) is 11.7 Å². The minimum atomic E-state index is -0.536. The molecule has 1 fully saturated rings. The third-order valence-electron chi connectivity index (χ3n) is 5.25. The Morgan fingerprint density at radius 3 is 2.48 bits per heavy atom. The Labute approximate surface area is 157 Å². The summed E-state index contributed by atoms with van der Waals surface area (Å²) in [6.07, 6.45) is 1.92. The van der Waals surface area contributed by atoms with Crippen LogP contribution in [-0.4, -0.2) is 37.2 Å². The number of amides is 2. The topological polar surface area (TPSA) is 67.9 Å². The van der Waals surface area contributed by atoms with Crippen molar-refractivity contribution in [1.82, 2.24) is 10.2 Å². The van der Waals surface area contributed by atoms with Gasteiger partial charge in [-0.15, -0.1) is 0 Å². The Morgan fingerprint density at radius 2 is 1.81 bits per heavy atom. The summed E-state index contributed by atoms with van der Waals surface area (Å²) in [5, 5.41) is 5.03. The van der Waals surface area contributed by atoms with E-state index in [1.54, 1.807) is 12.0 Å². The van der Waals surface area contributed by atoms with Crippen molar-refractivity contribution in [3.63, 3.8) is 0 Å². The van der Waals surface area contributed by atoms with Crippen LogP contribution in [0, 0.1) is 0 Å². The van der Waals surface area contributed by atoms with Crippen LogP contribution in [0.1, 0.15) is 31.4 Å². The first-order chi connectivity index (χ1) is 13.0.